The van der Waals surface area contributed by atoms with Gasteiger partial charge in [0.15, 0.2) is 0 Å². The Morgan fingerprint density at radius 2 is 1.60 bits per heavy atom. The van der Waals surface area contributed by atoms with Crippen LogP contribution < -0.4 is 5.32 Å². The molecule has 0 aliphatic carbocycles. The minimum absolute atomic E-state index is 0.0190. The van der Waals surface area contributed by atoms with Crippen LogP contribution in [0.5, 0.6) is 0 Å². The number of hydrogen-bond acceptors (Lipinski definition) is 8. The SMILES string of the molecule is C=CC(=O)NC(C)(C)CO[Si](OOC)(OOC)OOC. The second-order valence-electron chi connectivity index (χ2n) is 4.12. The number of rotatable bonds is 11. The van der Waals surface area contributed by atoms with Gasteiger partial charge in [-0.1, -0.05) is 6.58 Å². The summed E-state index contributed by atoms with van der Waals surface area (Å²) in [7, 11) is -0.0789. The predicted molar refractivity (Wildman–Crippen MR) is 68.4 cm³/mol. The van der Waals surface area contributed by atoms with Crippen molar-refractivity contribution in [2.75, 3.05) is 27.9 Å². The third-order valence-electron chi connectivity index (χ3n) is 1.81. The van der Waals surface area contributed by atoms with Crippen LogP contribution in [0.4, 0.5) is 0 Å². The summed E-state index contributed by atoms with van der Waals surface area (Å²) in [4.78, 5) is 24.8. The quantitative estimate of drug-likeness (QED) is 0.251. The van der Waals surface area contributed by atoms with Crippen molar-refractivity contribution in [1.29, 1.82) is 0 Å². The van der Waals surface area contributed by atoms with Gasteiger partial charge in [-0.05, 0) is 19.9 Å². The number of hydrogen-bond donors (Lipinski definition) is 1. The minimum Gasteiger partial charge on any atom is -0.345 e. The van der Waals surface area contributed by atoms with Crippen molar-refractivity contribution in [3.8, 4) is 0 Å². The van der Waals surface area contributed by atoms with E-state index in [-0.39, 0.29) is 12.5 Å². The number of nitrogens with one attached hydrogen (secondary N) is 1. The second-order valence-corrected chi connectivity index (χ2v) is 5.90. The molecule has 0 aromatic heterocycles. The molecule has 118 valence electrons. The molecular formula is C10H21NO8Si. The molecule has 0 saturated carbocycles. The minimum atomic E-state index is -3.81. The average molecular weight is 311 g/mol. The van der Waals surface area contributed by atoms with Gasteiger partial charge in [-0.25, -0.2) is 14.7 Å². The fraction of sp³-hybridized carbons (Fsp3) is 0.700. The van der Waals surface area contributed by atoms with Crippen molar-refractivity contribution in [2.24, 2.45) is 0 Å². The maximum absolute atomic E-state index is 11.3. The van der Waals surface area contributed by atoms with Crippen LogP contribution in [0.2, 0.25) is 0 Å². The van der Waals surface area contributed by atoms with E-state index in [9.17, 15) is 4.79 Å². The Hall–Kier alpha value is -0.853. The van der Waals surface area contributed by atoms with Crippen LogP contribution in [-0.2, 0) is 37.6 Å². The molecule has 0 saturated heterocycles. The van der Waals surface area contributed by atoms with Gasteiger partial charge in [-0.15, -0.1) is 0 Å². The highest BCUT2D eigenvalue weighted by atomic mass is 28.4. The normalized spacial score (nSPS) is 12.2. The van der Waals surface area contributed by atoms with Crippen molar-refractivity contribution >= 4 is 15.0 Å². The summed E-state index contributed by atoms with van der Waals surface area (Å²) in [6.45, 7) is 6.79. The van der Waals surface area contributed by atoms with Crippen molar-refractivity contribution in [2.45, 2.75) is 19.4 Å². The van der Waals surface area contributed by atoms with Crippen LogP contribution in [0.15, 0.2) is 12.7 Å². The zero-order valence-electron chi connectivity index (χ0n) is 12.3. The van der Waals surface area contributed by atoms with Gasteiger partial charge in [-0.3, -0.25) is 4.79 Å². The zero-order chi connectivity index (χ0) is 15.6. The highest BCUT2D eigenvalue weighted by molar-refractivity contribution is 6.52. The summed E-state index contributed by atoms with van der Waals surface area (Å²) in [5, 5.41) is 2.66. The summed E-state index contributed by atoms with van der Waals surface area (Å²) in [6.07, 6.45) is 1.15. The standard InChI is InChI=1S/C10H21NO8Si/c1-7-9(12)11-10(2,3)8-16-20(17-13-4,18-14-5)19-15-6/h7H,1,8H2,2-6H3,(H,11,12). The van der Waals surface area contributed by atoms with Gasteiger partial charge in [0.2, 0.25) is 5.91 Å². The lowest BCUT2D eigenvalue weighted by molar-refractivity contribution is -0.371. The van der Waals surface area contributed by atoms with Crippen molar-refractivity contribution < 1.29 is 37.6 Å². The van der Waals surface area contributed by atoms with Crippen LogP contribution in [0.25, 0.3) is 0 Å². The molecule has 20 heavy (non-hydrogen) atoms. The fourth-order valence-electron chi connectivity index (χ4n) is 1.11. The largest absolute Gasteiger partial charge is 0.764 e. The van der Waals surface area contributed by atoms with Crippen LogP contribution in [0, 0.1) is 0 Å². The van der Waals surface area contributed by atoms with Gasteiger partial charge >= 0.3 is 9.05 Å². The summed E-state index contributed by atoms with van der Waals surface area (Å²) in [6, 6.07) is 0. The van der Waals surface area contributed by atoms with Crippen LogP contribution in [0.3, 0.4) is 0 Å². The molecule has 0 unspecified atom stereocenters. The Morgan fingerprint density at radius 3 is 1.95 bits per heavy atom. The predicted octanol–water partition coefficient (Wildman–Crippen LogP) is 0.253. The van der Waals surface area contributed by atoms with Gasteiger partial charge < -0.3 is 9.74 Å². The van der Waals surface area contributed by atoms with E-state index in [1.54, 1.807) is 13.8 Å². The lowest BCUT2D eigenvalue weighted by Crippen LogP contribution is -2.54. The molecule has 9 nitrogen and oxygen atoms in total. The summed E-state index contributed by atoms with van der Waals surface area (Å²) >= 11 is 0. The molecule has 0 aromatic carbocycles. The molecule has 0 radical (unpaired) electrons. The molecule has 0 aromatic rings. The molecule has 0 rings (SSSR count). The van der Waals surface area contributed by atoms with E-state index < -0.39 is 14.6 Å². The molecule has 0 aliphatic rings. The first-order valence-corrected chi connectivity index (χ1v) is 7.22. The van der Waals surface area contributed by atoms with E-state index in [1.807, 2.05) is 0 Å². The molecule has 0 fully saturated rings. The van der Waals surface area contributed by atoms with E-state index in [4.69, 9.17) is 18.2 Å². The number of carbonyl (C=O) groups is 1. The van der Waals surface area contributed by atoms with E-state index >= 15 is 0 Å². The second kappa shape index (κ2) is 9.15. The van der Waals surface area contributed by atoms with Crippen molar-refractivity contribution in [3.63, 3.8) is 0 Å². The number of amides is 1. The summed E-state index contributed by atoms with van der Waals surface area (Å²) in [5.41, 5.74) is -0.741. The molecular weight excluding hydrogens is 290 g/mol. The third kappa shape index (κ3) is 7.07. The van der Waals surface area contributed by atoms with E-state index in [0.717, 1.165) is 6.08 Å². The first-order valence-electron chi connectivity index (χ1n) is 5.58. The maximum atomic E-state index is 11.3. The van der Waals surface area contributed by atoms with E-state index in [0.29, 0.717) is 0 Å². The highest BCUT2D eigenvalue weighted by Crippen LogP contribution is 2.15. The van der Waals surface area contributed by atoms with Gasteiger partial charge in [-0.2, -0.15) is 13.7 Å². The Bertz CT molecular complexity index is 295. The van der Waals surface area contributed by atoms with Crippen LogP contribution >= 0.6 is 0 Å². The molecule has 0 heterocycles. The fourth-order valence-corrected chi connectivity index (χ4v) is 2.49. The van der Waals surface area contributed by atoms with Crippen molar-refractivity contribution in [3.05, 3.63) is 12.7 Å². The Labute approximate surface area is 119 Å². The number of carbonyl (C=O) groups excluding carboxylic acids is 1. The molecule has 0 aliphatic heterocycles. The first kappa shape index (κ1) is 19.1. The summed E-state index contributed by atoms with van der Waals surface area (Å²) in [5.74, 6) is -0.348. The zero-order valence-corrected chi connectivity index (χ0v) is 13.3. The lowest BCUT2D eigenvalue weighted by Gasteiger charge is -2.29. The molecule has 1 N–H and O–H groups in total. The van der Waals surface area contributed by atoms with E-state index in [1.165, 1.54) is 21.3 Å². The topological polar surface area (TPSA) is 93.7 Å². The van der Waals surface area contributed by atoms with Crippen molar-refractivity contribution in [1.82, 2.24) is 5.32 Å². The maximum Gasteiger partial charge on any atom is 0.764 e. The monoisotopic (exact) mass is 311 g/mol. The summed E-state index contributed by atoms with van der Waals surface area (Å²) < 4.78 is 19.9. The van der Waals surface area contributed by atoms with Gasteiger partial charge in [0.1, 0.15) is 0 Å². The van der Waals surface area contributed by atoms with E-state index in [2.05, 4.69) is 26.6 Å². The molecule has 0 atom stereocenters. The van der Waals surface area contributed by atoms with Crippen LogP contribution in [0.1, 0.15) is 13.8 Å². The Morgan fingerprint density at radius 1 is 1.15 bits per heavy atom. The van der Waals surface area contributed by atoms with Gasteiger partial charge in [0, 0.05) is 0 Å². The third-order valence-corrected chi connectivity index (χ3v) is 3.42. The molecule has 10 heteroatoms. The van der Waals surface area contributed by atoms with Gasteiger partial charge in [0.25, 0.3) is 0 Å². The molecule has 0 spiro atoms. The smallest absolute Gasteiger partial charge is 0.345 e. The lowest BCUT2D eigenvalue weighted by atomic mass is 10.1. The van der Waals surface area contributed by atoms with Gasteiger partial charge in [0.05, 0.1) is 33.5 Å². The molecule has 0 bridgehead atoms. The highest BCUT2D eigenvalue weighted by Gasteiger charge is 2.52. The Kier molecular flexibility index (Phi) is 8.76. The Balaban J connectivity index is 4.71. The molecule has 1 amide bonds. The first-order chi connectivity index (χ1) is 9.34. The average Bonchev–Trinajstić information content (AvgIpc) is 2.37. The van der Waals surface area contributed by atoms with Crippen LogP contribution in [-0.4, -0.2) is 48.4 Å².